The summed E-state index contributed by atoms with van der Waals surface area (Å²) in [5.41, 5.74) is 0. The Morgan fingerprint density at radius 3 is 1.44 bits per heavy atom. The third kappa shape index (κ3) is 24.9. The molecule has 0 aliphatic heterocycles. The predicted octanol–water partition coefficient (Wildman–Crippen LogP) is -3.55. The molecule has 0 rings (SSSR count). The Morgan fingerprint density at radius 2 is 1.22 bits per heavy atom. The van der Waals surface area contributed by atoms with Crippen molar-refractivity contribution in [3.63, 3.8) is 0 Å². The smallest absolute Gasteiger partial charge is 0.404 e. The zero-order valence-electron chi connectivity index (χ0n) is 10.7. The Morgan fingerprint density at radius 1 is 0.944 bits per heavy atom. The predicted molar refractivity (Wildman–Crippen MR) is 59.8 cm³/mol. The zero-order chi connectivity index (χ0) is 14.7. The Labute approximate surface area is 107 Å². The van der Waals surface area contributed by atoms with E-state index in [1.165, 1.54) is 0 Å². The van der Waals surface area contributed by atoms with Gasteiger partial charge in [-0.2, -0.15) is 9.68 Å². The van der Waals surface area contributed by atoms with Crippen molar-refractivity contribution in [2.24, 2.45) is 0 Å². The summed E-state index contributed by atoms with van der Waals surface area (Å²) < 4.78 is 0. The number of quaternary nitrogens is 1. The van der Waals surface area contributed by atoms with Gasteiger partial charge in [0, 0.05) is 13.2 Å². The fourth-order valence-electron chi connectivity index (χ4n) is 0.735. The Balaban J connectivity index is 0. The molecular weight excluding hydrogens is 266 g/mol. The van der Waals surface area contributed by atoms with Crippen LogP contribution in [0.2, 0.25) is 0 Å². The summed E-state index contributed by atoms with van der Waals surface area (Å²) in [5.74, 6) is 0. The minimum Gasteiger partial charge on any atom is -0.794 e. The molecule has 112 valence electrons. The first kappa shape index (κ1) is 20.2. The van der Waals surface area contributed by atoms with Crippen LogP contribution in [0.25, 0.3) is 0 Å². The molecule has 5 N–H and O–H groups in total. The molecular formula is C8H23NO8Si. The lowest BCUT2D eigenvalue weighted by molar-refractivity contribution is -1.22. The van der Waals surface area contributed by atoms with Crippen LogP contribution in [0.15, 0.2) is 0 Å². The molecule has 0 unspecified atom stereocenters. The van der Waals surface area contributed by atoms with Crippen LogP contribution >= 0.6 is 0 Å². The highest BCUT2D eigenvalue weighted by atomic mass is 28.4. The number of hydrogen-bond donors (Lipinski definition) is 5. The van der Waals surface area contributed by atoms with Gasteiger partial charge >= 0.3 is 9.05 Å². The summed E-state index contributed by atoms with van der Waals surface area (Å²) in [6.07, 6.45) is 1.20. The van der Waals surface area contributed by atoms with Gasteiger partial charge in [-0.3, -0.25) is 0 Å². The third-order valence-corrected chi connectivity index (χ3v) is 1.41. The van der Waals surface area contributed by atoms with Crippen LogP contribution in [-0.2, 0) is 9.68 Å². The fraction of sp³-hybridized carbons (Fsp3) is 1.00. The zero-order valence-corrected chi connectivity index (χ0v) is 11.7. The molecule has 0 amide bonds. The van der Waals surface area contributed by atoms with Crippen molar-refractivity contribution in [2.75, 3.05) is 40.5 Å². The van der Waals surface area contributed by atoms with Gasteiger partial charge in [0.15, 0.2) is 0 Å². The van der Waals surface area contributed by atoms with E-state index < -0.39 is 9.05 Å². The van der Waals surface area contributed by atoms with Gasteiger partial charge in [0.2, 0.25) is 0 Å². The maximum atomic E-state index is 8.91. The second-order valence-electron chi connectivity index (χ2n) is 3.65. The van der Waals surface area contributed by atoms with Gasteiger partial charge < -0.3 is 29.4 Å². The molecule has 0 heterocycles. The highest BCUT2D eigenvalue weighted by molar-refractivity contribution is 6.44. The molecule has 0 aromatic rings. The monoisotopic (exact) mass is 289 g/mol. The summed E-state index contributed by atoms with van der Waals surface area (Å²) in [7, 11) is -1.34. The van der Waals surface area contributed by atoms with Crippen molar-refractivity contribution in [2.45, 2.75) is 12.8 Å². The SMILES string of the molecule is C[N+](C)(OCCCO)OCCCO.[O-][Si](O)(O)O. The van der Waals surface area contributed by atoms with Crippen LogP contribution < -0.4 is 4.80 Å². The normalized spacial score (nSPS) is 12.0. The highest BCUT2D eigenvalue weighted by Gasteiger charge is 2.17. The van der Waals surface area contributed by atoms with E-state index in [9.17, 15) is 0 Å². The molecule has 10 heteroatoms. The quantitative estimate of drug-likeness (QED) is 0.134. The Hall–Kier alpha value is -0.143. The maximum Gasteiger partial charge on any atom is 0.404 e. The van der Waals surface area contributed by atoms with E-state index in [1.807, 2.05) is 0 Å². The number of aliphatic hydroxyl groups is 2. The van der Waals surface area contributed by atoms with Crippen LogP contribution in [0.5, 0.6) is 0 Å². The van der Waals surface area contributed by atoms with Gasteiger partial charge in [0.25, 0.3) is 0 Å². The molecule has 9 nitrogen and oxygen atoms in total. The molecule has 0 atom stereocenters. The van der Waals surface area contributed by atoms with Crippen LogP contribution in [0.3, 0.4) is 0 Å². The minimum atomic E-state index is -4.86. The molecule has 0 fully saturated rings. The Kier molecular flexibility index (Phi) is 12.1. The molecule has 0 saturated carbocycles. The molecule has 18 heavy (non-hydrogen) atoms. The molecule has 0 bridgehead atoms. The summed E-state index contributed by atoms with van der Waals surface area (Å²) >= 11 is 0. The van der Waals surface area contributed by atoms with Crippen molar-refractivity contribution >= 4 is 9.05 Å². The van der Waals surface area contributed by atoms with E-state index in [-0.39, 0.29) is 18.0 Å². The lowest BCUT2D eigenvalue weighted by atomic mass is 10.5. The van der Waals surface area contributed by atoms with Gasteiger partial charge in [-0.15, -0.1) is 0 Å². The average Bonchev–Trinajstić information content (AvgIpc) is 2.15. The third-order valence-electron chi connectivity index (χ3n) is 1.41. The number of rotatable bonds is 8. The van der Waals surface area contributed by atoms with Gasteiger partial charge in [0.1, 0.15) is 27.3 Å². The number of aliphatic hydroxyl groups excluding tert-OH is 2. The first-order valence-electron chi connectivity index (χ1n) is 5.34. The minimum absolute atomic E-state index is 0. The lowest BCUT2D eigenvalue weighted by Crippen LogP contribution is -2.50. The molecule has 0 aliphatic rings. The van der Waals surface area contributed by atoms with Crippen LogP contribution in [0.4, 0.5) is 0 Å². The van der Waals surface area contributed by atoms with Crippen LogP contribution in [0.1, 0.15) is 12.8 Å². The summed E-state index contributed by atoms with van der Waals surface area (Å²) in [6.45, 7) is 1.17. The molecule has 0 aromatic carbocycles. The summed E-state index contributed by atoms with van der Waals surface area (Å²) in [6, 6.07) is 0. The van der Waals surface area contributed by atoms with E-state index in [0.29, 0.717) is 26.1 Å². The number of hydrogen-bond acceptors (Lipinski definition) is 8. The summed E-state index contributed by atoms with van der Waals surface area (Å²) in [5, 5.41) is 17.0. The average molecular weight is 289 g/mol. The largest absolute Gasteiger partial charge is 0.794 e. The van der Waals surface area contributed by atoms with Gasteiger partial charge in [-0.25, -0.2) is 0 Å². The van der Waals surface area contributed by atoms with E-state index in [0.717, 1.165) is 0 Å². The fourth-order valence-corrected chi connectivity index (χ4v) is 0.735. The summed E-state index contributed by atoms with van der Waals surface area (Å²) in [4.78, 5) is 41.1. The topological polar surface area (TPSA) is 143 Å². The van der Waals surface area contributed by atoms with Crippen molar-refractivity contribution in [1.82, 2.24) is 0 Å². The molecule has 0 aliphatic carbocycles. The number of nitrogens with zero attached hydrogens (tertiary/aromatic N) is 1. The van der Waals surface area contributed by atoms with Gasteiger partial charge in [0.05, 0.1) is 0 Å². The Bertz CT molecular complexity index is 168. The molecule has 0 saturated heterocycles. The lowest BCUT2D eigenvalue weighted by Gasteiger charge is -2.23. The maximum absolute atomic E-state index is 8.91. The van der Waals surface area contributed by atoms with E-state index in [4.69, 9.17) is 39.1 Å². The van der Waals surface area contributed by atoms with E-state index in [2.05, 4.69) is 0 Å². The molecule has 0 spiro atoms. The van der Waals surface area contributed by atoms with Crippen LogP contribution in [0, 0.1) is 0 Å². The first-order valence-corrected chi connectivity index (χ1v) is 7.09. The van der Waals surface area contributed by atoms with Crippen LogP contribution in [-0.4, -0.2) is 79.0 Å². The van der Waals surface area contributed by atoms with Crippen molar-refractivity contribution in [3.05, 3.63) is 0 Å². The molecule has 0 radical (unpaired) electrons. The second-order valence-corrected chi connectivity index (χ2v) is 4.79. The standard InChI is InChI=1S/C8H20NO4.H3O4Si/c1-9(2,12-7-3-5-10)13-8-4-6-11;1-5(2,3)4/h10-11H,3-8H2,1-2H3;1-3H/q+1;-1. The van der Waals surface area contributed by atoms with Crippen molar-refractivity contribution in [3.8, 4) is 0 Å². The van der Waals surface area contributed by atoms with E-state index >= 15 is 0 Å². The first-order chi connectivity index (χ1) is 8.12. The number of hydroxylamine groups is 4. The van der Waals surface area contributed by atoms with Gasteiger partial charge in [-0.1, -0.05) is 0 Å². The van der Waals surface area contributed by atoms with E-state index in [1.54, 1.807) is 14.1 Å². The molecule has 0 aromatic heterocycles. The van der Waals surface area contributed by atoms with Gasteiger partial charge in [-0.05, 0) is 17.7 Å². The van der Waals surface area contributed by atoms with Crippen molar-refractivity contribution in [1.29, 1.82) is 0 Å². The second kappa shape index (κ2) is 10.7. The van der Waals surface area contributed by atoms with Crippen molar-refractivity contribution < 1.29 is 43.9 Å². The highest BCUT2D eigenvalue weighted by Crippen LogP contribution is 2.02.